The van der Waals surface area contributed by atoms with Crippen LogP contribution in [0.4, 0.5) is 0 Å². The number of carbonyl (C=O) groups excluding carboxylic acids is 1. The van der Waals surface area contributed by atoms with Gasteiger partial charge in [-0.25, -0.2) is 0 Å². The Morgan fingerprint density at radius 1 is 0.437 bits per heavy atom. The average molecular weight is 1810 g/mol. The molecule has 0 aliphatic carbocycles. The topological polar surface area (TPSA) is 241 Å². The number of nitrogens with zero attached hydrogens (tertiary/aromatic N) is 4. The number of aliphatic hydroxyl groups excluding tert-OH is 4. The molecule has 0 fully saturated rings. The van der Waals surface area contributed by atoms with Gasteiger partial charge < -0.3 is 71.6 Å². The van der Waals surface area contributed by atoms with Crippen molar-refractivity contribution in [2.24, 2.45) is 0 Å². The fourth-order valence-corrected chi connectivity index (χ4v) is 8.30. The van der Waals surface area contributed by atoms with Crippen molar-refractivity contribution >= 4 is 36.3 Å². The van der Waals surface area contributed by atoms with E-state index in [1.807, 2.05) is 200 Å². The molecule has 0 aliphatic rings. The molecule has 103 heavy (non-hydrogen) atoms. The number of phenols is 2. The SMILES string of the molecule is C.C=Cc1ccc(CCl)cc1.C=Cc1ccc(COc2c[c-]c(-c3ccccn3)cc2)cc1.C=Cc1ccc(COc2c[c-]c(-c3ccccn3)cc2)cc1.CC(O)CC(C)O.CC(O)CC(C)O.O=CO[O-].Oc1c[c-]c(-c2ccccn2)cc1.Oc1c[c-]c(-c2ccccn2)cc1.[H-].[Ir].[Ir].[K+].[K+]. The fourth-order valence-electron chi connectivity index (χ4n) is 8.12. The van der Waals surface area contributed by atoms with E-state index in [2.05, 4.69) is 68.8 Å². The van der Waals surface area contributed by atoms with Gasteiger partial charge in [0.2, 0.25) is 0 Å². The summed E-state index contributed by atoms with van der Waals surface area (Å²) < 4.78 is 11.6. The second kappa shape index (κ2) is 59.9. The first-order chi connectivity index (χ1) is 47.4. The number of phenolic OH excluding ortho intramolecular Hbond substituents is 2. The molecule has 2 radical (unpaired) electrons. The Hall–Kier alpha value is -6.31. The van der Waals surface area contributed by atoms with Crippen LogP contribution in [0.5, 0.6) is 23.0 Å². The van der Waals surface area contributed by atoms with Crippen LogP contribution in [0.3, 0.4) is 0 Å². The van der Waals surface area contributed by atoms with Gasteiger partial charge in [0.05, 0.1) is 24.4 Å². The van der Waals surface area contributed by atoms with Crippen molar-refractivity contribution in [3.05, 3.63) is 321 Å². The van der Waals surface area contributed by atoms with E-state index in [9.17, 15) is 0 Å². The molecular weight excluding hydrogens is 1730 g/mol. The average Bonchev–Trinajstić information content (AvgIpc) is 0.882. The number of hydrogen-bond acceptors (Lipinski definition) is 15. The fraction of sp³-hybridized carbons (Fsp3) is 0.169. The first-order valence-electron chi connectivity index (χ1n) is 31.0. The van der Waals surface area contributed by atoms with E-state index in [0.717, 1.165) is 89.9 Å². The van der Waals surface area contributed by atoms with Crippen molar-refractivity contribution < 1.29 is 199 Å². The van der Waals surface area contributed by atoms with Gasteiger partial charge in [-0.05, 0) is 121 Å². The van der Waals surface area contributed by atoms with Crippen molar-refractivity contribution in [2.75, 3.05) is 0 Å². The third-order valence-electron chi connectivity index (χ3n) is 12.9. The molecule has 0 aliphatic heterocycles. The molecule has 7 aromatic carbocycles. The molecule has 6 N–H and O–H groups in total. The zero-order valence-corrected chi connectivity index (χ0v) is 69.7. The maximum Gasteiger partial charge on any atom is 1.00 e. The van der Waals surface area contributed by atoms with Crippen molar-refractivity contribution in [2.45, 2.75) is 91.5 Å². The van der Waals surface area contributed by atoms with E-state index in [1.54, 1.807) is 76.7 Å². The minimum atomic E-state index is -0.375. The number of aliphatic hydroxyl groups is 4. The summed E-state index contributed by atoms with van der Waals surface area (Å²) in [6.07, 6.45) is 11.9. The van der Waals surface area contributed by atoms with Gasteiger partial charge >= 0.3 is 103 Å². The van der Waals surface area contributed by atoms with Crippen LogP contribution < -0.4 is 118 Å². The quantitative estimate of drug-likeness (QED) is 0.0110. The minimum absolute atomic E-state index is 0. The summed E-state index contributed by atoms with van der Waals surface area (Å²) in [5, 5.41) is 60.8. The Balaban J connectivity index is -0.00000116. The Morgan fingerprint density at radius 2 is 0.699 bits per heavy atom. The van der Waals surface area contributed by atoms with E-state index < -0.39 is 0 Å². The summed E-state index contributed by atoms with van der Waals surface area (Å²) in [5.74, 6) is 2.62. The van der Waals surface area contributed by atoms with E-state index in [-0.39, 0.29) is 194 Å². The summed E-state index contributed by atoms with van der Waals surface area (Å²) in [6.45, 7) is 18.7. The molecule has 20 heteroatoms. The Morgan fingerprint density at radius 3 is 0.883 bits per heavy atom. The van der Waals surface area contributed by atoms with Crippen LogP contribution in [-0.4, -0.2) is 81.5 Å². The predicted octanol–water partition coefficient (Wildman–Crippen LogP) is 10.6. The van der Waals surface area contributed by atoms with Gasteiger partial charge in [0.25, 0.3) is 6.47 Å². The maximum atomic E-state index is 9.05. The zero-order chi connectivity index (χ0) is 71.1. The van der Waals surface area contributed by atoms with Crippen molar-refractivity contribution in [3.8, 4) is 68.0 Å². The Bertz CT molecular complexity index is 3670. The van der Waals surface area contributed by atoms with Crippen molar-refractivity contribution in [1.29, 1.82) is 0 Å². The minimum Gasteiger partial charge on any atom is -1.00 e. The monoisotopic (exact) mass is 1810 g/mol. The Labute approximate surface area is 726 Å². The van der Waals surface area contributed by atoms with E-state index >= 15 is 0 Å². The molecule has 15 nitrogen and oxygen atoms in total. The maximum absolute atomic E-state index is 9.05. The molecule has 0 spiro atoms. The van der Waals surface area contributed by atoms with Gasteiger partial charge in [-0.15, -0.1) is 131 Å². The van der Waals surface area contributed by atoms with Crippen molar-refractivity contribution in [3.63, 3.8) is 0 Å². The van der Waals surface area contributed by atoms with E-state index in [4.69, 9.17) is 61.8 Å². The second-order valence-corrected chi connectivity index (χ2v) is 21.5. The number of pyridine rings is 4. The molecule has 4 heterocycles. The van der Waals surface area contributed by atoms with Crippen LogP contribution in [0.25, 0.3) is 63.3 Å². The molecule has 0 amide bonds. The van der Waals surface area contributed by atoms with Crippen LogP contribution in [0, 0.1) is 24.3 Å². The number of benzene rings is 7. The van der Waals surface area contributed by atoms with Crippen LogP contribution in [0.1, 0.15) is 82.8 Å². The van der Waals surface area contributed by atoms with Gasteiger partial charge in [0, 0.05) is 93.9 Å². The van der Waals surface area contributed by atoms with Crippen molar-refractivity contribution in [1.82, 2.24) is 19.9 Å². The number of hydrogen-bond donors (Lipinski definition) is 6. The molecule has 0 saturated heterocycles. The van der Waals surface area contributed by atoms with E-state index in [0.29, 0.717) is 31.9 Å². The predicted molar refractivity (Wildman–Crippen MR) is 396 cm³/mol. The number of carbonyl (C=O) groups is 1. The number of alkyl halides is 1. The summed E-state index contributed by atoms with van der Waals surface area (Å²) >= 11 is 5.60. The standard InChI is InChI=1S/2C20H16NO.2C11H8NO.C9H9Cl.2C5H12O2.CH2O3.CH4.2Ir.2K.H/c2*1-2-16-6-8-17(9-7-16)15-22-19-12-10-18(11-13-19)20-5-3-4-14-21-20;2*13-10-6-4-9(5-7-10)11-3-1-2-8-12-11;1-2-8-3-5-9(7-10)6-4-8;2*1-4(6)3-5(2)7;2-1-4-3;;;;;;/h2*2-10,12-14H,1,15H2;2*1-4,6-8,13H;2-6H,1,7H2;2*4-7H,3H2,1-2H3;1,3H;1H4;;;;;/q4*-1;;;;;;;;2*+1;-1/p-1. The van der Waals surface area contributed by atoms with Gasteiger partial charge in [-0.2, -0.15) is 0 Å². The smallest absolute Gasteiger partial charge is 1.00 e. The molecule has 0 saturated carbocycles. The van der Waals surface area contributed by atoms with E-state index in [1.165, 1.54) is 12.1 Å². The molecule has 4 aromatic heterocycles. The molecule has 536 valence electrons. The van der Waals surface area contributed by atoms with Crippen LogP contribution in [0.15, 0.2) is 263 Å². The van der Waals surface area contributed by atoms with Gasteiger partial charge in [0.15, 0.2) is 0 Å². The molecule has 4 unspecified atom stereocenters. The summed E-state index contributed by atoms with van der Waals surface area (Å²) in [4.78, 5) is 28.2. The normalized spacial score (nSPS) is 10.5. The van der Waals surface area contributed by atoms with Gasteiger partial charge in [-0.3, -0.25) is 4.79 Å². The number of aromatic hydroxyl groups is 2. The zero-order valence-electron chi connectivity index (χ0n) is 58.9. The number of rotatable bonds is 19. The Kier molecular flexibility index (Phi) is 57.4. The third kappa shape index (κ3) is 43.7. The van der Waals surface area contributed by atoms with Gasteiger partial charge in [-0.1, -0.05) is 167 Å². The molecule has 4 atom stereocenters. The van der Waals surface area contributed by atoms with Gasteiger partial charge in [0.1, 0.15) is 13.2 Å². The summed E-state index contributed by atoms with van der Waals surface area (Å²) in [7, 11) is 0. The largest absolute Gasteiger partial charge is 1.00 e. The molecular formula is C83H87ClIr2K2N4O11-4. The molecule has 11 aromatic rings. The number of aromatic nitrogens is 4. The molecule has 11 rings (SSSR count). The summed E-state index contributed by atoms with van der Waals surface area (Å²) in [6, 6.07) is 81.1. The molecule has 0 bridgehead atoms. The second-order valence-electron chi connectivity index (χ2n) is 21.3. The first kappa shape index (κ1) is 98.7. The summed E-state index contributed by atoms with van der Waals surface area (Å²) in [5.41, 5.74) is 14.0. The number of ether oxygens (including phenoxy) is 2. The van der Waals surface area contributed by atoms with Crippen LogP contribution in [0.2, 0.25) is 0 Å². The number of halogens is 1. The first-order valence-corrected chi connectivity index (χ1v) is 31.5. The van der Waals surface area contributed by atoms with Crippen LogP contribution >= 0.6 is 11.6 Å². The third-order valence-corrected chi connectivity index (χ3v) is 13.2. The van der Waals surface area contributed by atoms with Crippen LogP contribution in [-0.2, 0) is 69.0 Å².